The highest BCUT2D eigenvalue weighted by atomic mass is 16.5. The van der Waals surface area contributed by atoms with E-state index in [9.17, 15) is 4.79 Å². The van der Waals surface area contributed by atoms with Crippen LogP contribution in [0.25, 0.3) is 0 Å². The highest BCUT2D eigenvalue weighted by molar-refractivity contribution is 5.94. The second kappa shape index (κ2) is 6.88. The molecular formula is C15H18N2O3. The van der Waals surface area contributed by atoms with Crippen LogP contribution in [-0.4, -0.2) is 11.9 Å². The number of hydrogen-bond acceptors (Lipinski definition) is 4. The summed E-state index contributed by atoms with van der Waals surface area (Å²) in [7, 11) is 0. The first-order valence-electron chi connectivity index (χ1n) is 6.40. The topological polar surface area (TPSA) is 77.5 Å². The van der Waals surface area contributed by atoms with Gasteiger partial charge in [0.2, 0.25) is 5.91 Å². The van der Waals surface area contributed by atoms with Crippen molar-refractivity contribution in [2.24, 2.45) is 5.73 Å². The molecule has 0 bridgehead atoms. The Morgan fingerprint density at radius 1 is 1.35 bits per heavy atom. The average molecular weight is 274 g/mol. The minimum absolute atomic E-state index is 0.210. The van der Waals surface area contributed by atoms with E-state index in [0.29, 0.717) is 18.9 Å². The van der Waals surface area contributed by atoms with E-state index in [0.717, 1.165) is 11.3 Å². The maximum Gasteiger partial charge on any atom is 0.240 e. The van der Waals surface area contributed by atoms with Crippen molar-refractivity contribution in [1.82, 2.24) is 0 Å². The molecule has 0 aliphatic rings. The van der Waals surface area contributed by atoms with Gasteiger partial charge in [-0.1, -0.05) is 12.1 Å². The van der Waals surface area contributed by atoms with Gasteiger partial charge in [0.05, 0.1) is 18.9 Å². The highest BCUT2D eigenvalue weighted by Gasteiger charge is 2.07. The van der Waals surface area contributed by atoms with Crippen LogP contribution in [0, 0.1) is 0 Å². The number of benzene rings is 1. The zero-order chi connectivity index (χ0) is 14.4. The number of carbonyl (C=O) groups is 1. The van der Waals surface area contributed by atoms with Gasteiger partial charge >= 0.3 is 0 Å². The van der Waals surface area contributed by atoms with Gasteiger partial charge in [0.25, 0.3) is 0 Å². The van der Waals surface area contributed by atoms with E-state index in [-0.39, 0.29) is 5.91 Å². The normalized spacial score (nSPS) is 12.1. The van der Waals surface area contributed by atoms with Gasteiger partial charge in [-0.05, 0) is 36.8 Å². The molecule has 1 unspecified atom stereocenters. The van der Waals surface area contributed by atoms with E-state index in [1.807, 2.05) is 36.4 Å². The Hall–Kier alpha value is -2.11. The number of hydrogen-bond donors (Lipinski definition) is 2. The lowest BCUT2D eigenvalue weighted by atomic mass is 10.2. The number of anilines is 1. The van der Waals surface area contributed by atoms with Crippen LogP contribution in [0.1, 0.15) is 18.2 Å². The summed E-state index contributed by atoms with van der Waals surface area (Å²) in [4.78, 5) is 11.5. The zero-order valence-electron chi connectivity index (χ0n) is 11.3. The number of nitrogens with one attached hydrogen (secondary N) is 1. The van der Waals surface area contributed by atoms with Gasteiger partial charge < -0.3 is 20.2 Å². The molecule has 0 fully saturated rings. The summed E-state index contributed by atoms with van der Waals surface area (Å²) >= 11 is 0. The quantitative estimate of drug-likeness (QED) is 0.847. The number of amides is 1. The maximum absolute atomic E-state index is 11.5. The predicted octanol–water partition coefficient (Wildman–Crippen LogP) is 2.28. The van der Waals surface area contributed by atoms with Crippen LogP contribution in [0.5, 0.6) is 0 Å². The molecule has 1 aromatic heterocycles. The lowest BCUT2D eigenvalue weighted by Crippen LogP contribution is -2.32. The molecule has 1 amide bonds. The van der Waals surface area contributed by atoms with E-state index in [4.69, 9.17) is 14.9 Å². The fourth-order valence-corrected chi connectivity index (χ4v) is 1.66. The summed E-state index contributed by atoms with van der Waals surface area (Å²) in [6, 6.07) is 10.6. The number of furan rings is 1. The van der Waals surface area contributed by atoms with E-state index < -0.39 is 6.04 Å². The molecule has 0 aliphatic carbocycles. The van der Waals surface area contributed by atoms with Crippen LogP contribution in [0.15, 0.2) is 47.1 Å². The van der Waals surface area contributed by atoms with E-state index in [1.54, 1.807) is 13.2 Å². The number of ether oxygens (including phenoxy) is 1. The fourth-order valence-electron chi connectivity index (χ4n) is 1.66. The second-order valence-electron chi connectivity index (χ2n) is 4.55. The Morgan fingerprint density at radius 2 is 2.20 bits per heavy atom. The predicted molar refractivity (Wildman–Crippen MR) is 75.9 cm³/mol. The van der Waals surface area contributed by atoms with Crippen molar-refractivity contribution in [2.75, 3.05) is 5.32 Å². The third kappa shape index (κ3) is 4.22. The summed E-state index contributed by atoms with van der Waals surface area (Å²) in [5.41, 5.74) is 7.19. The minimum atomic E-state index is -0.533. The molecule has 3 N–H and O–H groups in total. The van der Waals surface area contributed by atoms with Crippen LogP contribution < -0.4 is 11.1 Å². The van der Waals surface area contributed by atoms with E-state index in [2.05, 4.69) is 5.32 Å². The van der Waals surface area contributed by atoms with Gasteiger partial charge in [-0.3, -0.25) is 4.79 Å². The third-order valence-electron chi connectivity index (χ3n) is 2.70. The lowest BCUT2D eigenvalue weighted by molar-refractivity contribution is -0.117. The fraction of sp³-hybridized carbons (Fsp3) is 0.267. The van der Waals surface area contributed by atoms with Gasteiger partial charge in [0, 0.05) is 5.69 Å². The van der Waals surface area contributed by atoms with E-state index in [1.165, 1.54) is 0 Å². The van der Waals surface area contributed by atoms with Gasteiger partial charge in [0.1, 0.15) is 12.4 Å². The van der Waals surface area contributed by atoms with Crippen LogP contribution in [-0.2, 0) is 22.7 Å². The van der Waals surface area contributed by atoms with Crippen molar-refractivity contribution in [3.63, 3.8) is 0 Å². The molecule has 5 heteroatoms. The second-order valence-corrected chi connectivity index (χ2v) is 4.55. The van der Waals surface area contributed by atoms with Gasteiger partial charge in [-0.25, -0.2) is 0 Å². The molecule has 1 heterocycles. The first kappa shape index (κ1) is 14.3. The zero-order valence-corrected chi connectivity index (χ0v) is 11.3. The average Bonchev–Trinajstić information content (AvgIpc) is 2.92. The van der Waals surface area contributed by atoms with Gasteiger partial charge in [-0.2, -0.15) is 0 Å². The lowest BCUT2D eigenvalue weighted by Gasteiger charge is -2.09. The molecule has 1 aromatic carbocycles. The summed E-state index contributed by atoms with van der Waals surface area (Å²) in [6.45, 7) is 2.51. The molecular weight excluding hydrogens is 256 g/mol. The van der Waals surface area contributed by atoms with Crippen LogP contribution in [0.4, 0.5) is 5.69 Å². The third-order valence-corrected chi connectivity index (χ3v) is 2.70. The Labute approximate surface area is 117 Å². The summed E-state index contributed by atoms with van der Waals surface area (Å²) in [5.74, 6) is 0.574. The molecule has 0 spiro atoms. The van der Waals surface area contributed by atoms with Gasteiger partial charge in [0.15, 0.2) is 0 Å². The van der Waals surface area contributed by atoms with Crippen LogP contribution >= 0.6 is 0 Å². The van der Waals surface area contributed by atoms with Crippen molar-refractivity contribution in [2.45, 2.75) is 26.2 Å². The van der Waals surface area contributed by atoms with Gasteiger partial charge in [-0.15, -0.1) is 0 Å². The van der Waals surface area contributed by atoms with Crippen molar-refractivity contribution >= 4 is 11.6 Å². The molecule has 0 saturated heterocycles. The smallest absolute Gasteiger partial charge is 0.240 e. The standard InChI is InChI=1S/C15H18N2O3/c1-11(16)15(18)17-13-5-2-4-12(8-13)9-19-10-14-6-3-7-20-14/h2-8,11H,9-10,16H2,1H3,(H,17,18). The van der Waals surface area contributed by atoms with Crippen molar-refractivity contribution < 1.29 is 13.9 Å². The molecule has 106 valence electrons. The van der Waals surface area contributed by atoms with E-state index >= 15 is 0 Å². The molecule has 2 rings (SSSR count). The summed E-state index contributed by atoms with van der Waals surface area (Å²) in [5, 5.41) is 2.75. The van der Waals surface area contributed by atoms with Crippen molar-refractivity contribution in [1.29, 1.82) is 0 Å². The number of nitrogens with two attached hydrogens (primary N) is 1. The molecule has 5 nitrogen and oxygen atoms in total. The minimum Gasteiger partial charge on any atom is -0.467 e. The molecule has 20 heavy (non-hydrogen) atoms. The first-order valence-corrected chi connectivity index (χ1v) is 6.40. The Bertz CT molecular complexity index is 550. The monoisotopic (exact) mass is 274 g/mol. The molecule has 1 atom stereocenters. The summed E-state index contributed by atoms with van der Waals surface area (Å²) < 4.78 is 10.7. The maximum atomic E-state index is 11.5. The van der Waals surface area contributed by atoms with Crippen LogP contribution in [0.2, 0.25) is 0 Å². The number of rotatable bonds is 6. The van der Waals surface area contributed by atoms with Crippen molar-refractivity contribution in [3.05, 3.63) is 54.0 Å². The van der Waals surface area contributed by atoms with Crippen molar-refractivity contribution in [3.8, 4) is 0 Å². The molecule has 0 aliphatic heterocycles. The molecule has 0 saturated carbocycles. The Balaban J connectivity index is 1.87. The first-order chi connectivity index (χ1) is 9.65. The SMILES string of the molecule is CC(N)C(=O)Nc1cccc(COCc2ccco2)c1. The number of carbonyl (C=O) groups excluding carboxylic acids is 1. The molecule has 2 aromatic rings. The Kier molecular flexibility index (Phi) is 4.92. The van der Waals surface area contributed by atoms with Crippen LogP contribution in [0.3, 0.4) is 0 Å². The largest absolute Gasteiger partial charge is 0.467 e. The molecule has 0 radical (unpaired) electrons. The Morgan fingerprint density at radius 3 is 2.90 bits per heavy atom. The highest BCUT2D eigenvalue weighted by Crippen LogP contribution is 2.13. The summed E-state index contributed by atoms with van der Waals surface area (Å²) in [6.07, 6.45) is 1.61.